The van der Waals surface area contributed by atoms with Gasteiger partial charge in [-0.05, 0) is 0 Å². The Kier molecular flexibility index (Phi) is 3.32. The first-order valence-corrected chi connectivity index (χ1v) is 3.45. The van der Waals surface area contributed by atoms with Gasteiger partial charge in [0.2, 0.25) is 6.86 Å². The van der Waals surface area contributed by atoms with E-state index in [1.165, 1.54) is 7.28 Å². The lowest BCUT2D eigenvalue weighted by Crippen LogP contribution is -2.23. The fourth-order valence-electron chi connectivity index (χ4n) is 0.781. The van der Waals surface area contributed by atoms with Crippen molar-refractivity contribution in [3.05, 3.63) is 30.3 Å². The molecule has 0 bridgehead atoms. The molecule has 0 aliphatic carbocycles. The highest BCUT2D eigenvalue weighted by molar-refractivity contribution is 6.82. The quantitative estimate of drug-likeness (QED) is 0.626. The van der Waals surface area contributed by atoms with Crippen LogP contribution in [0.4, 0.5) is 9.18 Å². The molecule has 0 amide bonds. The fraction of sp³-hybridized carbons (Fsp3) is 0.125. The third-order valence-corrected chi connectivity index (χ3v) is 1.28. The largest absolute Gasteiger partial charge is 0.442 e. The van der Waals surface area contributed by atoms with Crippen molar-refractivity contribution < 1.29 is 13.9 Å². The lowest BCUT2D eigenvalue weighted by atomic mass is 9.71. The summed E-state index contributed by atoms with van der Waals surface area (Å²) >= 11 is 0. The lowest BCUT2D eigenvalue weighted by Gasteiger charge is -1.97. The molecule has 1 aromatic carbocycles. The van der Waals surface area contributed by atoms with E-state index in [4.69, 9.17) is 0 Å². The average Bonchev–Trinajstić information content (AvgIpc) is 2.06. The highest BCUT2D eigenvalue weighted by atomic mass is 19.1. The Morgan fingerprint density at radius 3 is 2.67 bits per heavy atom. The molecule has 12 heavy (non-hydrogen) atoms. The standard InChI is InChI=1S/C8H7BFO2/c10-6-12-8(11)9-7-4-2-1-3-5-7/h1-5H,6H2. The molecule has 0 heterocycles. The molecule has 0 N–H and O–H groups in total. The van der Waals surface area contributed by atoms with E-state index in [9.17, 15) is 9.18 Å². The van der Waals surface area contributed by atoms with Crippen molar-refractivity contribution in [2.45, 2.75) is 0 Å². The maximum absolute atomic E-state index is 11.5. The second-order valence-corrected chi connectivity index (χ2v) is 2.13. The third kappa shape index (κ3) is 2.74. The summed E-state index contributed by atoms with van der Waals surface area (Å²) in [5.74, 6) is -0.663. The van der Waals surface area contributed by atoms with E-state index < -0.39 is 12.7 Å². The minimum absolute atomic E-state index is 0.663. The molecule has 1 radical (unpaired) electrons. The van der Waals surface area contributed by atoms with E-state index in [-0.39, 0.29) is 0 Å². The van der Waals surface area contributed by atoms with Crippen molar-refractivity contribution in [3.8, 4) is 0 Å². The summed E-state index contributed by atoms with van der Waals surface area (Å²) in [6.07, 6.45) is 0. The molecule has 0 unspecified atom stereocenters. The summed E-state index contributed by atoms with van der Waals surface area (Å²) < 4.78 is 15.6. The zero-order chi connectivity index (χ0) is 8.81. The van der Waals surface area contributed by atoms with Crippen LogP contribution in [-0.4, -0.2) is 20.0 Å². The number of ether oxygens (including phenoxy) is 1. The highest BCUT2D eigenvalue weighted by Crippen LogP contribution is 1.84. The summed E-state index contributed by atoms with van der Waals surface area (Å²) in [5, 5.41) is 0. The van der Waals surface area contributed by atoms with Gasteiger partial charge in [0.25, 0.3) is 13.1 Å². The Balaban J connectivity index is 2.47. The third-order valence-electron chi connectivity index (χ3n) is 1.28. The van der Waals surface area contributed by atoms with Crippen LogP contribution in [0.1, 0.15) is 0 Å². The van der Waals surface area contributed by atoms with Gasteiger partial charge < -0.3 is 4.74 Å². The molecule has 1 rings (SSSR count). The van der Waals surface area contributed by atoms with Crippen LogP contribution in [0.2, 0.25) is 0 Å². The van der Waals surface area contributed by atoms with Crippen molar-refractivity contribution in [2.24, 2.45) is 0 Å². The monoisotopic (exact) mass is 165 g/mol. The zero-order valence-corrected chi connectivity index (χ0v) is 6.37. The van der Waals surface area contributed by atoms with Crippen LogP contribution in [0.25, 0.3) is 0 Å². The molecular weight excluding hydrogens is 158 g/mol. The van der Waals surface area contributed by atoms with E-state index in [2.05, 4.69) is 4.74 Å². The number of carbonyl (C=O) groups excluding carboxylic acids is 1. The average molecular weight is 165 g/mol. The molecule has 61 valence electrons. The van der Waals surface area contributed by atoms with E-state index in [0.29, 0.717) is 5.46 Å². The Morgan fingerprint density at radius 1 is 1.42 bits per heavy atom. The number of hydrogen-bond acceptors (Lipinski definition) is 2. The lowest BCUT2D eigenvalue weighted by molar-refractivity contribution is 0.120. The number of carbonyl (C=O) groups is 1. The molecule has 0 aliphatic rings. The molecule has 0 fully saturated rings. The molecule has 0 aliphatic heterocycles. The molecule has 0 saturated heterocycles. The molecule has 1 aromatic rings. The minimum Gasteiger partial charge on any atom is -0.442 e. The first-order valence-electron chi connectivity index (χ1n) is 3.45. The maximum atomic E-state index is 11.5. The van der Waals surface area contributed by atoms with Crippen LogP contribution in [0.15, 0.2) is 30.3 Å². The molecule has 4 heteroatoms. The minimum atomic E-state index is -1.08. The van der Waals surface area contributed by atoms with Crippen LogP contribution < -0.4 is 5.46 Å². The van der Waals surface area contributed by atoms with Crippen LogP contribution in [0.5, 0.6) is 0 Å². The predicted molar refractivity (Wildman–Crippen MR) is 44.3 cm³/mol. The maximum Gasteiger partial charge on any atom is 0.299 e. The van der Waals surface area contributed by atoms with Crippen molar-refractivity contribution in [1.29, 1.82) is 0 Å². The summed E-state index contributed by atoms with van der Waals surface area (Å²) in [6, 6.07) is 8.87. The number of hydrogen-bond donors (Lipinski definition) is 0. The Morgan fingerprint density at radius 2 is 2.08 bits per heavy atom. The zero-order valence-electron chi connectivity index (χ0n) is 6.37. The highest BCUT2D eigenvalue weighted by Gasteiger charge is 2.05. The summed E-state index contributed by atoms with van der Waals surface area (Å²) in [5.41, 5.74) is 0.705. The number of halogens is 1. The number of rotatable bonds is 3. The van der Waals surface area contributed by atoms with Gasteiger partial charge >= 0.3 is 0 Å². The first-order chi connectivity index (χ1) is 5.83. The fourth-order valence-corrected chi connectivity index (χ4v) is 0.781. The van der Waals surface area contributed by atoms with Crippen molar-refractivity contribution in [1.82, 2.24) is 0 Å². The molecule has 0 atom stereocenters. The van der Waals surface area contributed by atoms with E-state index >= 15 is 0 Å². The van der Waals surface area contributed by atoms with Crippen molar-refractivity contribution in [3.63, 3.8) is 0 Å². The summed E-state index contributed by atoms with van der Waals surface area (Å²) in [7, 11) is 1.24. The summed E-state index contributed by atoms with van der Waals surface area (Å²) in [6.45, 7) is -1.08. The normalized spacial score (nSPS) is 9.08. The Labute approximate surface area is 70.6 Å². The molecule has 0 saturated carbocycles. The van der Waals surface area contributed by atoms with Gasteiger partial charge in [-0.1, -0.05) is 35.8 Å². The van der Waals surface area contributed by atoms with Crippen molar-refractivity contribution >= 4 is 18.6 Å². The van der Waals surface area contributed by atoms with Gasteiger partial charge in [0, 0.05) is 0 Å². The Hall–Kier alpha value is -1.32. The van der Waals surface area contributed by atoms with E-state index in [0.717, 1.165) is 0 Å². The second-order valence-electron chi connectivity index (χ2n) is 2.13. The van der Waals surface area contributed by atoms with Gasteiger partial charge in [0.15, 0.2) is 0 Å². The van der Waals surface area contributed by atoms with Crippen molar-refractivity contribution in [2.75, 3.05) is 6.86 Å². The molecular formula is C8H7BFO2. The SMILES string of the molecule is O=C([B]c1ccccc1)OCF. The topological polar surface area (TPSA) is 26.3 Å². The van der Waals surface area contributed by atoms with Crippen LogP contribution in [0.3, 0.4) is 0 Å². The van der Waals surface area contributed by atoms with Gasteiger partial charge in [-0.2, -0.15) is 0 Å². The summed E-state index contributed by atoms with van der Waals surface area (Å²) in [4.78, 5) is 10.7. The molecule has 0 aromatic heterocycles. The van der Waals surface area contributed by atoms with Gasteiger partial charge in [0.05, 0.1) is 0 Å². The predicted octanol–water partition coefficient (Wildman–Crippen LogP) is 1.08. The smallest absolute Gasteiger partial charge is 0.299 e. The van der Waals surface area contributed by atoms with Crippen LogP contribution in [-0.2, 0) is 4.74 Å². The van der Waals surface area contributed by atoms with Gasteiger partial charge in [0.1, 0.15) is 0 Å². The first kappa shape index (κ1) is 8.78. The molecule has 2 nitrogen and oxygen atoms in total. The van der Waals surface area contributed by atoms with Gasteiger partial charge in [-0.3, -0.25) is 4.79 Å². The van der Waals surface area contributed by atoms with E-state index in [1.807, 2.05) is 6.07 Å². The van der Waals surface area contributed by atoms with Crippen LogP contribution >= 0.6 is 0 Å². The Bertz CT molecular complexity index is 250. The van der Waals surface area contributed by atoms with Crippen LogP contribution in [0, 0.1) is 0 Å². The van der Waals surface area contributed by atoms with E-state index in [1.54, 1.807) is 24.3 Å². The van der Waals surface area contributed by atoms with Gasteiger partial charge in [-0.25, -0.2) is 4.39 Å². The second kappa shape index (κ2) is 4.54. The number of benzene rings is 1. The molecule has 0 spiro atoms. The van der Waals surface area contributed by atoms with Gasteiger partial charge in [-0.15, -0.1) is 0 Å². The number of alkyl halides is 1.